The van der Waals surface area contributed by atoms with Crippen LogP contribution in [0.1, 0.15) is 13.3 Å². The summed E-state index contributed by atoms with van der Waals surface area (Å²) >= 11 is 0. The molecular weight excluding hydrogens is 201 g/mol. The molecule has 0 saturated heterocycles. The van der Waals surface area contributed by atoms with E-state index in [1.54, 1.807) is 6.92 Å². The van der Waals surface area contributed by atoms with Gasteiger partial charge >= 0.3 is 5.97 Å². The standard InChI is InChI=1S/C9H16FN3O2/c1-6(13-5-4-11)7(10)2-3-8(12)9(14)15/h2,4,6,8,11,13H,3,5,12H2,1H3,(H,14,15)/b7-2-,11-4?/t6?,8-/m0/s1. The van der Waals surface area contributed by atoms with Gasteiger partial charge in [0.15, 0.2) is 0 Å². The molecule has 0 rings (SSSR count). The van der Waals surface area contributed by atoms with Crippen molar-refractivity contribution in [2.45, 2.75) is 25.4 Å². The van der Waals surface area contributed by atoms with Crippen molar-refractivity contribution in [2.75, 3.05) is 6.54 Å². The number of nitrogens with one attached hydrogen (secondary N) is 2. The van der Waals surface area contributed by atoms with Crippen LogP contribution in [0.2, 0.25) is 0 Å². The largest absolute Gasteiger partial charge is 0.480 e. The molecule has 1 unspecified atom stereocenters. The second-order valence-electron chi connectivity index (χ2n) is 3.10. The Kier molecular flexibility index (Phi) is 6.48. The van der Waals surface area contributed by atoms with Crippen LogP contribution in [-0.2, 0) is 4.79 Å². The molecule has 2 atom stereocenters. The minimum absolute atomic E-state index is 0.0439. The van der Waals surface area contributed by atoms with Crippen LogP contribution in [0, 0.1) is 5.41 Å². The average molecular weight is 217 g/mol. The Labute approximate surface area is 87.7 Å². The van der Waals surface area contributed by atoms with Gasteiger partial charge in [-0.2, -0.15) is 0 Å². The number of aliphatic carboxylic acids is 1. The van der Waals surface area contributed by atoms with Gasteiger partial charge in [-0.15, -0.1) is 0 Å². The highest BCUT2D eigenvalue weighted by Gasteiger charge is 2.11. The molecule has 0 heterocycles. The van der Waals surface area contributed by atoms with Gasteiger partial charge in [0.25, 0.3) is 0 Å². The van der Waals surface area contributed by atoms with E-state index >= 15 is 0 Å². The second-order valence-corrected chi connectivity index (χ2v) is 3.10. The highest BCUT2D eigenvalue weighted by atomic mass is 19.1. The fourth-order valence-electron chi connectivity index (χ4n) is 0.850. The van der Waals surface area contributed by atoms with Crippen molar-refractivity contribution < 1.29 is 14.3 Å². The Bertz CT molecular complexity index is 256. The third-order valence-corrected chi connectivity index (χ3v) is 1.82. The molecule has 0 aromatic heterocycles. The smallest absolute Gasteiger partial charge is 0.320 e. The molecule has 0 fully saturated rings. The van der Waals surface area contributed by atoms with Crippen molar-refractivity contribution in [3.05, 3.63) is 11.9 Å². The monoisotopic (exact) mass is 217 g/mol. The lowest BCUT2D eigenvalue weighted by atomic mass is 10.2. The van der Waals surface area contributed by atoms with Gasteiger partial charge in [0.2, 0.25) is 0 Å². The molecule has 0 radical (unpaired) electrons. The first-order valence-corrected chi connectivity index (χ1v) is 4.55. The summed E-state index contributed by atoms with van der Waals surface area (Å²) in [5, 5.41) is 17.9. The number of carboxylic acid groups (broad SMARTS) is 1. The summed E-state index contributed by atoms with van der Waals surface area (Å²) in [5.74, 6) is -1.62. The molecule has 0 bridgehead atoms. The molecule has 5 N–H and O–H groups in total. The minimum Gasteiger partial charge on any atom is -0.480 e. The predicted octanol–water partition coefficient (Wildman–Crippen LogP) is 0.269. The number of rotatable bonds is 7. The molecule has 15 heavy (non-hydrogen) atoms. The minimum atomic E-state index is -1.15. The molecule has 0 spiro atoms. The van der Waals surface area contributed by atoms with Crippen LogP contribution in [0.3, 0.4) is 0 Å². The number of carboxylic acids is 1. The fraction of sp³-hybridized carbons (Fsp3) is 0.556. The summed E-state index contributed by atoms with van der Waals surface area (Å²) in [6.07, 6.45) is 2.23. The van der Waals surface area contributed by atoms with E-state index in [2.05, 4.69) is 5.32 Å². The number of nitrogens with two attached hydrogens (primary N) is 1. The summed E-state index contributed by atoms with van der Waals surface area (Å²) in [5.41, 5.74) is 5.20. The van der Waals surface area contributed by atoms with E-state index in [4.69, 9.17) is 16.2 Å². The molecule has 0 saturated carbocycles. The van der Waals surface area contributed by atoms with E-state index in [1.165, 1.54) is 0 Å². The maximum atomic E-state index is 13.2. The Morgan fingerprint density at radius 3 is 2.80 bits per heavy atom. The normalized spacial score (nSPS) is 15.8. The highest BCUT2D eigenvalue weighted by Crippen LogP contribution is 2.05. The average Bonchev–Trinajstić information content (AvgIpc) is 2.21. The maximum Gasteiger partial charge on any atom is 0.320 e. The van der Waals surface area contributed by atoms with Crippen molar-refractivity contribution in [3.8, 4) is 0 Å². The number of halogens is 1. The van der Waals surface area contributed by atoms with Crippen LogP contribution in [-0.4, -0.2) is 35.9 Å². The molecule has 0 aromatic carbocycles. The first-order valence-electron chi connectivity index (χ1n) is 4.55. The lowest BCUT2D eigenvalue weighted by molar-refractivity contribution is -0.138. The highest BCUT2D eigenvalue weighted by molar-refractivity contribution is 5.73. The molecule has 0 amide bonds. The van der Waals surface area contributed by atoms with Gasteiger partial charge in [-0.1, -0.05) is 0 Å². The lowest BCUT2D eigenvalue weighted by Crippen LogP contribution is -2.31. The number of carbonyl (C=O) groups is 1. The summed E-state index contributed by atoms with van der Waals surface area (Å²) < 4.78 is 13.2. The zero-order chi connectivity index (χ0) is 11.8. The van der Waals surface area contributed by atoms with Crippen molar-refractivity contribution in [1.82, 2.24) is 5.32 Å². The van der Waals surface area contributed by atoms with Gasteiger partial charge in [0.05, 0.1) is 6.04 Å². The van der Waals surface area contributed by atoms with Crippen LogP contribution < -0.4 is 11.1 Å². The van der Waals surface area contributed by atoms with Crippen LogP contribution >= 0.6 is 0 Å². The summed E-state index contributed by atoms with van der Waals surface area (Å²) in [4.78, 5) is 10.3. The SMILES string of the molecule is CC(NCC=N)/C(F)=C/C[C@H](N)C(=O)O. The summed E-state index contributed by atoms with van der Waals surface area (Å²) in [6, 6.07) is -1.61. The Hall–Kier alpha value is -1.27. The van der Waals surface area contributed by atoms with E-state index in [-0.39, 0.29) is 13.0 Å². The van der Waals surface area contributed by atoms with Gasteiger partial charge in [-0.05, 0) is 19.4 Å². The molecule has 6 heteroatoms. The molecule has 86 valence electrons. The van der Waals surface area contributed by atoms with E-state index in [0.29, 0.717) is 0 Å². The topological polar surface area (TPSA) is 99.2 Å². The second kappa shape index (κ2) is 7.08. The molecule has 5 nitrogen and oxygen atoms in total. The van der Waals surface area contributed by atoms with Crippen molar-refractivity contribution in [1.29, 1.82) is 5.41 Å². The van der Waals surface area contributed by atoms with Gasteiger partial charge < -0.3 is 21.6 Å². The third-order valence-electron chi connectivity index (χ3n) is 1.82. The molecule has 0 aliphatic carbocycles. The van der Waals surface area contributed by atoms with Gasteiger partial charge in [-0.25, -0.2) is 4.39 Å². The van der Waals surface area contributed by atoms with Crippen molar-refractivity contribution >= 4 is 12.2 Å². The van der Waals surface area contributed by atoms with E-state index in [1.807, 2.05) is 0 Å². The zero-order valence-corrected chi connectivity index (χ0v) is 8.53. The summed E-state index contributed by atoms with van der Waals surface area (Å²) in [6.45, 7) is 1.86. The van der Waals surface area contributed by atoms with Gasteiger partial charge in [-0.3, -0.25) is 4.79 Å². The Morgan fingerprint density at radius 1 is 1.73 bits per heavy atom. The predicted molar refractivity (Wildman–Crippen MR) is 55.7 cm³/mol. The van der Waals surface area contributed by atoms with Gasteiger partial charge in [0.1, 0.15) is 11.9 Å². The zero-order valence-electron chi connectivity index (χ0n) is 8.53. The van der Waals surface area contributed by atoms with E-state index < -0.39 is 23.9 Å². The van der Waals surface area contributed by atoms with Crippen molar-refractivity contribution in [2.24, 2.45) is 5.73 Å². The Balaban J connectivity index is 4.06. The molecule has 0 aliphatic rings. The number of hydrogen-bond acceptors (Lipinski definition) is 4. The quantitative estimate of drug-likeness (QED) is 0.460. The van der Waals surface area contributed by atoms with E-state index in [9.17, 15) is 9.18 Å². The Morgan fingerprint density at radius 2 is 2.33 bits per heavy atom. The fourth-order valence-corrected chi connectivity index (χ4v) is 0.850. The molecule has 0 aliphatic heterocycles. The van der Waals surface area contributed by atoms with Crippen LogP contribution in [0.25, 0.3) is 0 Å². The third kappa shape index (κ3) is 5.92. The molecule has 0 aromatic rings. The molecular formula is C9H16FN3O2. The van der Waals surface area contributed by atoms with E-state index in [0.717, 1.165) is 12.3 Å². The van der Waals surface area contributed by atoms with Crippen LogP contribution in [0.5, 0.6) is 0 Å². The first-order chi connectivity index (χ1) is 6.99. The first kappa shape index (κ1) is 13.7. The van der Waals surface area contributed by atoms with Crippen LogP contribution in [0.4, 0.5) is 4.39 Å². The summed E-state index contributed by atoms with van der Waals surface area (Å²) in [7, 11) is 0. The lowest BCUT2D eigenvalue weighted by Gasteiger charge is -2.10. The van der Waals surface area contributed by atoms with Gasteiger partial charge in [0, 0.05) is 12.8 Å². The van der Waals surface area contributed by atoms with Crippen molar-refractivity contribution in [3.63, 3.8) is 0 Å². The maximum absolute atomic E-state index is 13.2. The van der Waals surface area contributed by atoms with Crippen LogP contribution in [0.15, 0.2) is 11.9 Å². The number of hydrogen-bond donors (Lipinski definition) is 4.